The van der Waals surface area contributed by atoms with Crippen LogP contribution in [-0.4, -0.2) is 68.8 Å². The molecule has 8 heteroatoms. The van der Waals surface area contributed by atoms with Gasteiger partial charge in [-0.3, -0.25) is 4.79 Å². The normalized spacial score (nSPS) is 17.2. The summed E-state index contributed by atoms with van der Waals surface area (Å²) < 4.78 is 1.82. The molecule has 0 saturated carbocycles. The molecule has 7 nitrogen and oxygen atoms in total. The fourth-order valence-corrected chi connectivity index (χ4v) is 4.25. The third kappa shape index (κ3) is 3.80. The molecule has 0 unspecified atom stereocenters. The smallest absolute Gasteiger partial charge is 0.242 e. The zero-order chi connectivity index (χ0) is 20.7. The SMILES string of the molecule is Cc1cc(Cl)cc(O)c1-c1cc2ccn(CC(=O)N(C)[C@H]3CCN(C)C3)c2nn1. The lowest BCUT2D eigenvalue weighted by Crippen LogP contribution is -2.40. The molecule has 0 spiro atoms. The number of fused-ring (bicyclic) bond motifs is 1. The van der Waals surface area contributed by atoms with Crippen molar-refractivity contribution in [2.75, 3.05) is 27.2 Å². The number of carbonyl (C=O) groups excluding carboxylic acids is 1. The lowest BCUT2D eigenvalue weighted by Gasteiger charge is -2.24. The highest BCUT2D eigenvalue weighted by atomic mass is 35.5. The summed E-state index contributed by atoms with van der Waals surface area (Å²) >= 11 is 6.00. The van der Waals surface area contributed by atoms with Crippen molar-refractivity contribution in [2.24, 2.45) is 0 Å². The van der Waals surface area contributed by atoms with E-state index < -0.39 is 0 Å². The van der Waals surface area contributed by atoms with Crippen molar-refractivity contribution in [3.63, 3.8) is 0 Å². The van der Waals surface area contributed by atoms with Crippen LogP contribution in [0.1, 0.15) is 12.0 Å². The number of phenolic OH excluding ortho intramolecular Hbond substituents is 1. The van der Waals surface area contributed by atoms with E-state index >= 15 is 0 Å². The Morgan fingerprint density at radius 2 is 2.14 bits per heavy atom. The minimum Gasteiger partial charge on any atom is -0.507 e. The second-order valence-corrected chi connectivity index (χ2v) is 8.21. The summed E-state index contributed by atoms with van der Waals surface area (Å²) in [6.45, 7) is 4.01. The molecule has 1 atom stereocenters. The van der Waals surface area contributed by atoms with E-state index in [-0.39, 0.29) is 24.2 Å². The molecule has 1 saturated heterocycles. The van der Waals surface area contributed by atoms with Crippen LogP contribution in [-0.2, 0) is 11.3 Å². The Labute approximate surface area is 174 Å². The first kappa shape index (κ1) is 19.7. The number of halogens is 1. The maximum atomic E-state index is 12.8. The number of aromatic hydroxyl groups is 1. The van der Waals surface area contributed by atoms with Crippen LogP contribution >= 0.6 is 11.6 Å². The predicted molar refractivity (Wildman–Crippen MR) is 113 cm³/mol. The molecule has 0 radical (unpaired) electrons. The zero-order valence-electron chi connectivity index (χ0n) is 16.8. The molecule has 1 N–H and O–H groups in total. The van der Waals surface area contributed by atoms with Crippen LogP contribution in [0.25, 0.3) is 22.3 Å². The zero-order valence-corrected chi connectivity index (χ0v) is 17.5. The van der Waals surface area contributed by atoms with Gasteiger partial charge in [0.1, 0.15) is 12.3 Å². The average molecular weight is 414 g/mol. The number of amides is 1. The first-order chi connectivity index (χ1) is 13.8. The van der Waals surface area contributed by atoms with Crippen LogP contribution in [0.15, 0.2) is 30.5 Å². The lowest BCUT2D eigenvalue weighted by atomic mass is 10.0. The Balaban J connectivity index is 1.58. The highest BCUT2D eigenvalue weighted by molar-refractivity contribution is 6.31. The van der Waals surface area contributed by atoms with E-state index in [1.165, 1.54) is 6.07 Å². The molecule has 0 bridgehead atoms. The van der Waals surface area contributed by atoms with E-state index in [9.17, 15) is 9.90 Å². The van der Waals surface area contributed by atoms with Crippen LogP contribution in [0.5, 0.6) is 5.75 Å². The number of carbonyl (C=O) groups is 1. The summed E-state index contributed by atoms with van der Waals surface area (Å²) in [5, 5.41) is 20.3. The number of hydrogen-bond acceptors (Lipinski definition) is 5. The van der Waals surface area contributed by atoms with Crippen molar-refractivity contribution >= 4 is 28.5 Å². The molecule has 152 valence electrons. The fourth-order valence-electron chi connectivity index (χ4n) is 3.98. The third-order valence-electron chi connectivity index (χ3n) is 5.66. The molecule has 1 fully saturated rings. The first-order valence-corrected chi connectivity index (χ1v) is 9.97. The van der Waals surface area contributed by atoms with Gasteiger partial charge in [0.15, 0.2) is 5.65 Å². The number of hydrogen-bond donors (Lipinski definition) is 1. The Kier molecular flexibility index (Phi) is 5.19. The Hall–Kier alpha value is -2.64. The third-order valence-corrected chi connectivity index (χ3v) is 5.88. The monoisotopic (exact) mass is 413 g/mol. The Bertz CT molecular complexity index is 1060. The van der Waals surface area contributed by atoms with Gasteiger partial charge in [-0.15, -0.1) is 10.2 Å². The molecule has 3 heterocycles. The first-order valence-electron chi connectivity index (χ1n) is 9.59. The molecular weight excluding hydrogens is 390 g/mol. The topological polar surface area (TPSA) is 74.5 Å². The summed E-state index contributed by atoms with van der Waals surface area (Å²) in [5.41, 5.74) is 2.64. The van der Waals surface area contributed by atoms with Crippen molar-refractivity contribution in [3.8, 4) is 17.0 Å². The lowest BCUT2D eigenvalue weighted by molar-refractivity contribution is -0.132. The standard InChI is InChI=1S/C21H24ClN5O2/c1-13-8-15(22)10-18(28)20(13)17-9-14-4-7-27(21(14)24-23-17)12-19(29)26(3)16-5-6-25(2)11-16/h4,7-10,16,28H,5-6,11-12H2,1-3H3/t16-/m0/s1. The number of aryl methyl sites for hydroxylation is 1. The summed E-state index contributed by atoms with van der Waals surface area (Å²) in [5.74, 6) is 0.126. The van der Waals surface area contributed by atoms with E-state index in [1.54, 1.807) is 6.07 Å². The molecule has 1 aliphatic rings. The Morgan fingerprint density at radius 1 is 1.34 bits per heavy atom. The maximum absolute atomic E-state index is 12.8. The van der Waals surface area contributed by atoms with Gasteiger partial charge in [0.05, 0.1) is 5.69 Å². The molecule has 29 heavy (non-hydrogen) atoms. The van der Waals surface area contributed by atoms with Crippen molar-refractivity contribution in [1.82, 2.24) is 24.6 Å². The second kappa shape index (κ2) is 7.65. The van der Waals surface area contributed by atoms with Crippen LogP contribution in [0.3, 0.4) is 0 Å². The van der Waals surface area contributed by atoms with Gasteiger partial charge in [-0.1, -0.05) is 11.6 Å². The van der Waals surface area contributed by atoms with Gasteiger partial charge in [-0.05, 0) is 56.8 Å². The summed E-state index contributed by atoms with van der Waals surface area (Å²) in [6.07, 6.45) is 2.85. The van der Waals surface area contributed by atoms with Crippen LogP contribution in [0.4, 0.5) is 0 Å². The number of nitrogens with zero attached hydrogens (tertiary/aromatic N) is 5. The highest BCUT2D eigenvalue weighted by Gasteiger charge is 2.26. The molecule has 1 aromatic carbocycles. The van der Waals surface area contributed by atoms with E-state index in [0.717, 1.165) is 30.5 Å². The fraction of sp³-hybridized carbons (Fsp3) is 0.381. The molecule has 1 amide bonds. The minimum atomic E-state index is 0.0554. The largest absolute Gasteiger partial charge is 0.507 e. The average Bonchev–Trinajstić information content (AvgIpc) is 3.26. The van der Waals surface area contributed by atoms with Crippen LogP contribution in [0.2, 0.25) is 5.02 Å². The number of benzene rings is 1. The summed E-state index contributed by atoms with van der Waals surface area (Å²) in [4.78, 5) is 16.8. The number of likely N-dealkylation sites (N-methyl/N-ethyl adjacent to an activating group) is 2. The van der Waals surface area contributed by atoms with Gasteiger partial charge in [-0.2, -0.15) is 0 Å². The van der Waals surface area contributed by atoms with Gasteiger partial charge < -0.3 is 19.5 Å². The van der Waals surface area contributed by atoms with Crippen molar-refractivity contribution in [2.45, 2.75) is 25.9 Å². The predicted octanol–water partition coefficient (Wildman–Crippen LogP) is 2.93. The highest BCUT2D eigenvalue weighted by Crippen LogP contribution is 2.34. The molecule has 0 aliphatic carbocycles. The minimum absolute atomic E-state index is 0.0554. The van der Waals surface area contributed by atoms with Gasteiger partial charge in [-0.25, -0.2) is 0 Å². The van der Waals surface area contributed by atoms with E-state index in [4.69, 9.17) is 11.6 Å². The molecular formula is C21H24ClN5O2. The number of aromatic nitrogens is 3. The number of phenols is 1. The van der Waals surface area contributed by atoms with E-state index in [0.29, 0.717) is 21.9 Å². The van der Waals surface area contributed by atoms with Gasteiger partial charge in [0.2, 0.25) is 5.91 Å². The van der Waals surface area contributed by atoms with Gasteiger partial charge in [0.25, 0.3) is 0 Å². The Morgan fingerprint density at radius 3 is 2.83 bits per heavy atom. The van der Waals surface area contributed by atoms with Gasteiger partial charge >= 0.3 is 0 Å². The van der Waals surface area contributed by atoms with Gasteiger partial charge in [0, 0.05) is 41.8 Å². The maximum Gasteiger partial charge on any atom is 0.242 e. The second-order valence-electron chi connectivity index (χ2n) is 7.78. The van der Waals surface area contributed by atoms with Crippen LogP contribution < -0.4 is 0 Å². The van der Waals surface area contributed by atoms with Crippen LogP contribution in [0, 0.1) is 6.92 Å². The van der Waals surface area contributed by atoms with Crippen molar-refractivity contribution < 1.29 is 9.90 Å². The molecule has 4 rings (SSSR count). The number of rotatable bonds is 4. The molecule has 1 aliphatic heterocycles. The quantitative estimate of drug-likeness (QED) is 0.711. The summed E-state index contributed by atoms with van der Waals surface area (Å²) in [6, 6.07) is 7.31. The number of likely N-dealkylation sites (tertiary alicyclic amines) is 1. The van der Waals surface area contributed by atoms with E-state index in [2.05, 4.69) is 22.1 Å². The molecule has 3 aromatic rings. The van der Waals surface area contributed by atoms with Crippen molar-refractivity contribution in [3.05, 3.63) is 41.0 Å². The summed E-state index contributed by atoms with van der Waals surface area (Å²) in [7, 11) is 3.94. The van der Waals surface area contributed by atoms with E-state index in [1.807, 2.05) is 41.8 Å². The van der Waals surface area contributed by atoms with Crippen molar-refractivity contribution in [1.29, 1.82) is 0 Å². The molecule has 2 aromatic heterocycles.